The van der Waals surface area contributed by atoms with Crippen molar-refractivity contribution in [3.05, 3.63) is 39.4 Å². The highest BCUT2D eigenvalue weighted by atomic mass is 35.5. The molecule has 0 saturated heterocycles. The van der Waals surface area contributed by atoms with E-state index in [-0.39, 0.29) is 30.7 Å². The summed E-state index contributed by atoms with van der Waals surface area (Å²) in [5.41, 5.74) is 2.14. The van der Waals surface area contributed by atoms with E-state index in [4.69, 9.17) is 21.1 Å². The quantitative estimate of drug-likeness (QED) is 0.441. The number of halogens is 1. The van der Waals surface area contributed by atoms with Gasteiger partial charge in [0, 0.05) is 22.2 Å². The number of aromatic nitrogens is 1. The van der Waals surface area contributed by atoms with Gasteiger partial charge in [-0.3, -0.25) is 9.59 Å². The molecular weight excluding hydrogens is 478 g/mol. The van der Waals surface area contributed by atoms with Gasteiger partial charge >= 0.3 is 5.97 Å². The van der Waals surface area contributed by atoms with Crippen LogP contribution < -0.4 is 15.4 Å². The van der Waals surface area contributed by atoms with E-state index in [9.17, 15) is 14.4 Å². The fraction of sp³-hybridized carbons (Fsp3) is 0.375. The number of carbonyl (C=O) groups excluding carboxylic acids is 3. The number of nitrogens with one attached hydrogen (secondary N) is 2. The number of aryl methyl sites for hydroxylation is 2. The first-order valence-corrected chi connectivity index (χ1v) is 12.3. The molecule has 3 aromatic rings. The smallest absolute Gasteiger partial charge is 0.357 e. The molecule has 0 unspecified atom stereocenters. The van der Waals surface area contributed by atoms with E-state index in [0.717, 1.165) is 41.5 Å². The van der Waals surface area contributed by atoms with Crippen molar-refractivity contribution in [3.63, 3.8) is 0 Å². The second-order valence-electron chi connectivity index (χ2n) is 8.00. The predicted octanol–water partition coefficient (Wildman–Crippen LogP) is 5.02. The highest BCUT2D eigenvalue weighted by Crippen LogP contribution is 2.44. The molecule has 0 bridgehead atoms. The molecule has 0 atom stereocenters. The second-order valence-corrected chi connectivity index (χ2v) is 9.52. The number of rotatable bonds is 7. The number of ether oxygens (including phenoxy) is 2. The van der Waals surface area contributed by atoms with Crippen molar-refractivity contribution in [3.8, 4) is 5.75 Å². The van der Waals surface area contributed by atoms with Crippen molar-refractivity contribution < 1.29 is 23.9 Å². The standard InChI is InChI=1S/C24H26ClN3O5S/c1-4-33-24(31)22-21(26-13(2)29)20-15-7-5-6-8-18(15)34-23(20)28(22)12-19(30)27-16-11-14(25)9-10-17(16)32-3/h9-11H,4-8,12H2,1-3H3,(H,26,29)(H,27,30). The fourth-order valence-corrected chi connectivity index (χ4v) is 5.90. The largest absolute Gasteiger partial charge is 0.495 e. The van der Waals surface area contributed by atoms with Gasteiger partial charge in [-0.2, -0.15) is 0 Å². The number of methoxy groups -OCH3 is 1. The number of hydrogen-bond donors (Lipinski definition) is 2. The Balaban J connectivity index is 1.82. The van der Waals surface area contributed by atoms with Crippen molar-refractivity contribution in [2.75, 3.05) is 24.4 Å². The van der Waals surface area contributed by atoms with Crippen molar-refractivity contribution in [2.24, 2.45) is 0 Å². The van der Waals surface area contributed by atoms with Crippen molar-refractivity contribution >= 4 is 62.3 Å². The van der Waals surface area contributed by atoms with Gasteiger partial charge in [-0.05, 0) is 56.4 Å². The van der Waals surface area contributed by atoms with Gasteiger partial charge in [-0.1, -0.05) is 11.6 Å². The predicted molar refractivity (Wildman–Crippen MR) is 133 cm³/mol. The summed E-state index contributed by atoms with van der Waals surface area (Å²) >= 11 is 7.66. The monoisotopic (exact) mass is 503 g/mol. The number of carbonyl (C=O) groups is 3. The molecule has 1 aliphatic rings. The molecule has 1 aromatic carbocycles. The SMILES string of the molecule is CCOC(=O)c1c(NC(C)=O)c2c3c(sc2n1CC(=O)Nc1cc(Cl)ccc1OC)CCCC3. The molecule has 0 radical (unpaired) electrons. The van der Waals surface area contributed by atoms with Crippen LogP contribution in [0.4, 0.5) is 11.4 Å². The lowest BCUT2D eigenvalue weighted by Gasteiger charge is -2.14. The van der Waals surface area contributed by atoms with Crippen molar-refractivity contribution in [2.45, 2.75) is 46.1 Å². The molecule has 10 heteroatoms. The number of fused-ring (bicyclic) bond motifs is 3. The van der Waals surface area contributed by atoms with Crippen LogP contribution in [0.3, 0.4) is 0 Å². The maximum absolute atomic E-state index is 13.1. The third-order valence-corrected chi connectivity index (χ3v) is 7.21. The van der Waals surface area contributed by atoms with Crippen LogP contribution in [0.2, 0.25) is 5.02 Å². The fourth-order valence-electron chi connectivity index (χ4n) is 4.33. The number of nitrogens with zero attached hydrogens (tertiary/aromatic N) is 1. The van der Waals surface area contributed by atoms with Gasteiger partial charge < -0.3 is 24.7 Å². The van der Waals surface area contributed by atoms with Gasteiger partial charge in [-0.15, -0.1) is 11.3 Å². The molecular formula is C24H26ClN3O5S. The van der Waals surface area contributed by atoms with E-state index < -0.39 is 5.97 Å². The molecule has 2 N–H and O–H groups in total. The molecule has 4 rings (SSSR count). The molecule has 180 valence electrons. The van der Waals surface area contributed by atoms with Crippen molar-refractivity contribution in [1.82, 2.24) is 4.57 Å². The van der Waals surface area contributed by atoms with Crippen LogP contribution in [-0.4, -0.2) is 36.1 Å². The molecule has 8 nitrogen and oxygen atoms in total. The maximum Gasteiger partial charge on any atom is 0.357 e. The van der Waals surface area contributed by atoms with Crippen LogP contribution in [-0.2, 0) is 33.7 Å². The van der Waals surface area contributed by atoms with Crippen LogP contribution in [0, 0.1) is 0 Å². The minimum absolute atomic E-state index is 0.153. The first-order valence-electron chi connectivity index (χ1n) is 11.1. The molecule has 0 fully saturated rings. The zero-order chi connectivity index (χ0) is 24.4. The van der Waals surface area contributed by atoms with E-state index in [1.165, 1.54) is 18.9 Å². The van der Waals surface area contributed by atoms with E-state index in [0.29, 0.717) is 22.1 Å². The van der Waals surface area contributed by atoms with E-state index in [1.54, 1.807) is 41.0 Å². The second kappa shape index (κ2) is 10.1. The summed E-state index contributed by atoms with van der Waals surface area (Å²) in [6.45, 7) is 3.13. The number of benzene rings is 1. The summed E-state index contributed by atoms with van der Waals surface area (Å²) in [4.78, 5) is 40.3. The van der Waals surface area contributed by atoms with Crippen molar-refractivity contribution in [1.29, 1.82) is 0 Å². The number of thiophene rings is 1. The lowest BCUT2D eigenvalue weighted by atomic mass is 9.96. The Morgan fingerprint density at radius 1 is 1.18 bits per heavy atom. The number of amides is 2. The van der Waals surface area contributed by atoms with Gasteiger partial charge in [0.05, 0.1) is 25.1 Å². The zero-order valence-electron chi connectivity index (χ0n) is 19.2. The van der Waals surface area contributed by atoms with Gasteiger partial charge in [0.15, 0.2) is 5.69 Å². The van der Waals surface area contributed by atoms with Crippen LogP contribution in [0.5, 0.6) is 5.75 Å². The van der Waals surface area contributed by atoms with E-state index in [2.05, 4.69) is 10.6 Å². The lowest BCUT2D eigenvalue weighted by Crippen LogP contribution is -2.23. The highest BCUT2D eigenvalue weighted by Gasteiger charge is 2.31. The number of hydrogen-bond acceptors (Lipinski definition) is 6. The van der Waals surface area contributed by atoms with Gasteiger partial charge in [-0.25, -0.2) is 4.79 Å². The van der Waals surface area contributed by atoms with E-state index >= 15 is 0 Å². The molecule has 0 saturated carbocycles. The molecule has 34 heavy (non-hydrogen) atoms. The zero-order valence-corrected chi connectivity index (χ0v) is 20.8. The Bertz CT molecular complexity index is 1280. The van der Waals surface area contributed by atoms with Crippen LogP contribution in [0.25, 0.3) is 10.2 Å². The van der Waals surface area contributed by atoms with Crippen LogP contribution >= 0.6 is 22.9 Å². The Morgan fingerprint density at radius 3 is 2.65 bits per heavy atom. The molecule has 2 heterocycles. The topological polar surface area (TPSA) is 98.7 Å². The normalized spacial score (nSPS) is 12.8. The average Bonchev–Trinajstić information content (AvgIpc) is 3.29. The van der Waals surface area contributed by atoms with Gasteiger partial charge in [0.1, 0.15) is 17.1 Å². The molecule has 2 aromatic heterocycles. The average molecular weight is 504 g/mol. The molecule has 0 aliphatic heterocycles. The number of esters is 1. The first-order chi connectivity index (χ1) is 16.3. The Morgan fingerprint density at radius 2 is 1.94 bits per heavy atom. The van der Waals surface area contributed by atoms with Crippen LogP contribution in [0.15, 0.2) is 18.2 Å². The minimum Gasteiger partial charge on any atom is -0.495 e. The van der Waals surface area contributed by atoms with Crippen LogP contribution in [0.1, 0.15) is 47.6 Å². The summed E-state index contributed by atoms with van der Waals surface area (Å²) in [6, 6.07) is 4.93. The first kappa shape index (κ1) is 24.1. The molecule has 0 spiro atoms. The van der Waals surface area contributed by atoms with Gasteiger partial charge in [0.25, 0.3) is 0 Å². The van der Waals surface area contributed by atoms with E-state index in [1.807, 2.05) is 0 Å². The summed E-state index contributed by atoms with van der Waals surface area (Å²) in [7, 11) is 1.50. The summed E-state index contributed by atoms with van der Waals surface area (Å²) in [5.74, 6) is -0.795. The highest BCUT2D eigenvalue weighted by molar-refractivity contribution is 7.19. The summed E-state index contributed by atoms with van der Waals surface area (Å²) in [6.07, 6.45) is 3.92. The molecule has 1 aliphatic carbocycles. The Hall–Kier alpha value is -3.04. The Kier molecular flexibility index (Phi) is 7.13. The Labute approximate surface area is 206 Å². The summed E-state index contributed by atoms with van der Waals surface area (Å²) < 4.78 is 12.3. The summed E-state index contributed by atoms with van der Waals surface area (Å²) in [5, 5.41) is 6.93. The number of anilines is 2. The minimum atomic E-state index is -0.590. The third-order valence-electron chi connectivity index (χ3n) is 5.66. The maximum atomic E-state index is 13.1. The molecule has 2 amide bonds. The van der Waals surface area contributed by atoms with Gasteiger partial charge in [0.2, 0.25) is 11.8 Å². The lowest BCUT2D eigenvalue weighted by molar-refractivity contribution is -0.116. The third kappa shape index (κ3) is 4.63.